The molecule has 0 spiro atoms. The highest BCUT2D eigenvalue weighted by atomic mass is 32.2. The Labute approximate surface area is 154 Å². The van der Waals surface area contributed by atoms with E-state index in [2.05, 4.69) is 0 Å². The quantitative estimate of drug-likeness (QED) is 0.617. The lowest BCUT2D eigenvalue weighted by Crippen LogP contribution is -2.37. The van der Waals surface area contributed by atoms with E-state index in [1.165, 1.54) is 23.6 Å². The van der Waals surface area contributed by atoms with Crippen LogP contribution in [0.1, 0.15) is 59.3 Å². The highest BCUT2D eigenvalue weighted by Gasteiger charge is 2.40. The van der Waals surface area contributed by atoms with Crippen LogP contribution in [-0.2, 0) is 19.2 Å². The van der Waals surface area contributed by atoms with Crippen LogP contribution < -0.4 is 0 Å². The molecule has 1 saturated heterocycles. The molecule has 0 aromatic rings. The maximum atomic E-state index is 12.5. The predicted octanol–water partition coefficient (Wildman–Crippen LogP) is 2.86. The lowest BCUT2D eigenvalue weighted by atomic mass is 9.77. The SMILES string of the molecule is CC(=O)CCSC1CC(=O)N(CC2CCC(C(=O)C(C)C)CC2)C1=O. The van der Waals surface area contributed by atoms with Crippen LogP contribution in [0.2, 0.25) is 0 Å². The Hall–Kier alpha value is -1.17. The van der Waals surface area contributed by atoms with Crippen LogP contribution in [0.5, 0.6) is 0 Å². The van der Waals surface area contributed by atoms with E-state index < -0.39 is 0 Å². The van der Waals surface area contributed by atoms with E-state index in [0.29, 0.717) is 30.4 Å². The molecule has 5 nitrogen and oxygen atoms in total. The molecule has 1 heterocycles. The summed E-state index contributed by atoms with van der Waals surface area (Å²) in [6, 6.07) is 0. The zero-order valence-corrected chi connectivity index (χ0v) is 16.3. The van der Waals surface area contributed by atoms with E-state index in [1.54, 1.807) is 0 Å². The maximum absolute atomic E-state index is 12.5. The second-order valence-corrected chi connectivity index (χ2v) is 8.94. The average Bonchev–Trinajstić information content (AvgIpc) is 2.82. The Morgan fingerprint density at radius 3 is 2.36 bits per heavy atom. The number of rotatable bonds is 8. The Bertz CT molecular complexity index is 538. The minimum absolute atomic E-state index is 0.0797. The maximum Gasteiger partial charge on any atom is 0.242 e. The van der Waals surface area contributed by atoms with Gasteiger partial charge in [-0.25, -0.2) is 0 Å². The summed E-state index contributed by atoms with van der Waals surface area (Å²) < 4.78 is 0. The van der Waals surface area contributed by atoms with Crippen LogP contribution >= 0.6 is 11.8 Å². The van der Waals surface area contributed by atoms with Gasteiger partial charge in [-0.1, -0.05) is 13.8 Å². The number of likely N-dealkylation sites (tertiary alicyclic amines) is 1. The highest BCUT2D eigenvalue weighted by molar-refractivity contribution is 8.00. The van der Waals surface area contributed by atoms with Gasteiger partial charge in [0, 0.05) is 37.0 Å². The summed E-state index contributed by atoms with van der Waals surface area (Å²) in [4.78, 5) is 49.2. The molecule has 1 aliphatic heterocycles. The van der Waals surface area contributed by atoms with Crippen molar-refractivity contribution in [2.75, 3.05) is 12.3 Å². The molecule has 2 aliphatic rings. The second-order valence-electron chi connectivity index (χ2n) is 7.63. The molecule has 0 bridgehead atoms. The third kappa shape index (κ3) is 5.40. The van der Waals surface area contributed by atoms with Gasteiger partial charge in [-0.15, -0.1) is 11.8 Å². The van der Waals surface area contributed by atoms with Crippen molar-refractivity contribution in [3.8, 4) is 0 Å². The first-order valence-electron chi connectivity index (χ1n) is 9.28. The van der Waals surface area contributed by atoms with E-state index in [4.69, 9.17) is 0 Å². The first-order chi connectivity index (χ1) is 11.8. The molecular weight excluding hydrogens is 338 g/mol. The molecule has 0 N–H and O–H groups in total. The summed E-state index contributed by atoms with van der Waals surface area (Å²) in [5, 5.41) is -0.328. The van der Waals surface area contributed by atoms with Crippen molar-refractivity contribution >= 4 is 35.1 Å². The summed E-state index contributed by atoms with van der Waals surface area (Å²) in [5.41, 5.74) is 0. The Balaban J connectivity index is 1.81. The lowest BCUT2D eigenvalue weighted by Gasteiger charge is -2.30. The molecule has 25 heavy (non-hydrogen) atoms. The van der Waals surface area contributed by atoms with Crippen molar-refractivity contribution in [1.82, 2.24) is 4.90 Å². The molecular formula is C19H29NO4S. The first-order valence-corrected chi connectivity index (χ1v) is 10.3. The molecule has 0 radical (unpaired) electrons. The second kappa shape index (κ2) is 8.97. The largest absolute Gasteiger partial charge is 0.300 e. The minimum atomic E-state index is -0.328. The van der Waals surface area contributed by atoms with E-state index in [0.717, 1.165) is 25.7 Å². The molecule has 1 unspecified atom stereocenters. The van der Waals surface area contributed by atoms with E-state index in [9.17, 15) is 19.2 Å². The van der Waals surface area contributed by atoms with Gasteiger partial charge in [0.25, 0.3) is 0 Å². The van der Waals surface area contributed by atoms with Crippen molar-refractivity contribution in [3.63, 3.8) is 0 Å². The number of nitrogens with zero attached hydrogens (tertiary/aromatic N) is 1. The molecule has 1 aliphatic carbocycles. The van der Waals surface area contributed by atoms with Gasteiger partial charge in [-0.3, -0.25) is 24.1 Å². The van der Waals surface area contributed by atoms with Gasteiger partial charge in [0.1, 0.15) is 11.6 Å². The number of imide groups is 1. The highest BCUT2D eigenvalue weighted by Crippen LogP contribution is 2.33. The van der Waals surface area contributed by atoms with Crippen LogP contribution in [0, 0.1) is 17.8 Å². The van der Waals surface area contributed by atoms with Crippen molar-refractivity contribution in [3.05, 3.63) is 0 Å². The average molecular weight is 368 g/mol. The summed E-state index contributed by atoms with van der Waals surface area (Å²) in [6.07, 6.45) is 4.24. The monoisotopic (exact) mass is 367 g/mol. The summed E-state index contributed by atoms with van der Waals surface area (Å²) in [7, 11) is 0. The number of carbonyl (C=O) groups is 4. The Morgan fingerprint density at radius 2 is 1.80 bits per heavy atom. The number of thioether (sulfide) groups is 1. The number of ketones is 2. The molecule has 140 valence electrons. The standard InChI is InChI=1S/C19H29NO4S/c1-12(2)18(23)15-6-4-14(5-7-15)11-20-17(22)10-16(19(20)24)25-9-8-13(3)21/h12,14-16H,4-11H2,1-3H3. The number of hydrogen-bond acceptors (Lipinski definition) is 5. The predicted molar refractivity (Wildman–Crippen MR) is 98.2 cm³/mol. The third-order valence-electron chi connectivity index (χ3n) is 5.23. The normalized spacial score (nSPS) is 27.2. The summed E-state index contributed by atoms with van der Waals surface area (Å²) in [5.74, 6) is 1.39. The van der Waals surface area contributed by atoms with E-state index >= 15 is 0 Å². The van der Waals surface area contributed by atoms with E-state index in [1.807, 2.05) is 13.8 Å². The molecule has 2 amide bonds. The van der Waals surface area contributed by atoms with Crippen LogP contribution in [0.3, 0.4) is 0 Å². The number of Topliss-reactive ketones (excluding diaryl/α,β-unsaturated/α-hetero) is 2. The van der Waals surface area contributed by atoms with Crippen LogP contribution in [0.15, 0.2) is 0 Å². The van der Waals surface area contributed by atoms with Crippen molar-refractivity contribution in [1.29, 1.82) is 0 Å². The molecule has 0 aromatic carbocycles. The molecule has 2 fully saturated rings. The van der Waals surface area contributed by atoms with Gasteiger partial charge >= 0.3 is 0 Å². The topological polar surface area (TPSA) is 71.5 Å². The number of amides is 2. The molecule has 1 saturated carbocycles. The van der Waals surface area contributed by atoms with Gasteiger partial charge < -0.3 is 0 Å². The van der Waals surface area contributed by atoms with Crippen LogP contribution in [0.25, 0.3) is 0 Å². The molecule has 1 atom stereocenters. The zero-order chi connectivity index (χ0) is 18.6. The van der Waals surface area contributed by atoms with Gasteiger partial charge in [0.15, 0.2) is 0 Å². The fourth-order valence-electron chi connectivity index (χ4n) is 3.68. The molecule has 2 rings (SSSR count). The zero-order valence-electron chi connectivity index (χ0n) is 15.5. The first kappa shape index (κ1) is 20.1. The van der Waals surface area contributed by atoms with Crippen molar-refractivity contribution in [2.24, 2.45) is 17.8 Å². The Kier molecular flexibility index (Phi) is 7.23. The number of hydrogen-bond donors (Lipinski definition) is 0. The van der Waals surface area contributed by atoms with Gasteiger partial charge in [-0.05, 0) is 38.5 Å². The fourth-order valence-corrected chi connectivity index (χ4v) is 4.90. The molecule has 0 aromatic heterocycles. The number of carbonyl (C=O) groups excluding carboxylic acids is 4. The smallest absolute Gasteiger partial charge is 0.242 e. The van der Waals surface area contributed by atoms with Crippen LogP contribution in [0.4, 0.5) is 0 Å². The van der Waals surface area contributed by atoms with Crippen LogP contribution in [-0.4, -0.2) is 45.8 Å². The minimum Gasteiger partial charge on any atom is -0.300 e. The Morgan fingerprint density at radius 1 is 1.16 bits per heavy atom. The molecule has 6 heteroatoms. The van der Waals surface area contributed by atoms with Gasteiger partial charge in [0.2, 0.25) is 11.8 Å². The van der Waals surface area contributed by atoms with Gasteiger partial charge in [0.05, 0.1) is 5.25 Å². The lowest BCUT2D eigenvalue weighted by molar-refractivity contribution is -0.139. The summed E-state index contributed by atoms with van der Waals surface area (Å²) >= 11 is 1.42. The van der Waals surface area contributed by atoms with Gasteiger partial charge in [-0.2, -0.15) is 0 Å². The van der Waals surface area contributed by atoms with Crippen molar-refractivity contribution < 1.29 is 19.2 Å². The van der Waals surface area contributed by atoms with E-state index in [-0.39, 0.29) is 41.1 Å². The fraction of sp³-hybridized carbons (Fsp3) is 0.789. The third-order valence-corrected chi connectivity index (χ3v) is 6.45. The van der Waals surface area contributed by atoms with Crippen molar-refractivity contribution in [2.45, 2.75) is 64.5 Å². The summed E-state index contributed by atoms with van der Waals surface area (Å²) in [6.45, 7) is 5.92.